The number of hydrogen-bond donors (Lipinski definition) is 3. The lowest BCUT2D eigenvalue weighted by atomic mass is 9.93. The maximum Gasteiger partial charge on any atom is 0.200 e. The van der Waals surface area contributed by atoms with Crippen molar-refractivity contribution in [3.05, 3.63) is 41.0 Å². The van der Waals surface area contributed by atoms with Crippen LogP contribution in [0.4, 0.5) is 0 Å². The summed E-state index contributed by atoms with van der Waals surface area (Å²) in [6, 6.07) is 7.35. The maximum absolute atomic E-state index is 9.78. The number of hydrogen-bond acceptors (Lipinski definition) is 3. The maximum atomic E-state index is 9.78. The SMILES string of the molecule is Cc1cccc(-c2cc(O)c(O)c(O)c2C)c1C. The van der Waals surface area contributed by atoms with Gasteiger partial charge in [-0.05, 0) is 49.1 Å². The molecule has 3 nitrogen and oxygen atoms in total. The molecule has 0 saturated carbocycles. The van der Waals surface area contributed by atoms with Crippen LogP contribution in [-0.4, -0.2) is 15.3 Å². The second-order valence-electron chi connectivity index (χ2n) is 4.51. The van der Waals surface area contributed by atoms with Gasteiger partial charge in [-0.15, -0.1) is 0 Å². The smallest absolute Gasteiger partial charge is 0.200 e. The van der Waals surface area contributed by atoms with Crippen LogP contribution in [0.15, 0.2) is 24.3 Å². The molecule has 0 aliphatic carbocycles. The highest BCUT2D eigenvalue weighted by atomic mass is 16.3. The molecule has 0 unspecified atom stereocenters. The lowest BCUT2D eigenvalue weighted by Crippen LogP contribution is -1.90. The van der Waals surface area contributed by atoms with E-state index < -0.39 is 5.75 Å². The van der Waals surface area contributed by atoms with Crippen LogP contribution in [0.2, 0.25) is 0 Å². The Morgan fingerprint density at radius 3 is 2.11 bits per heavy atom. The fraction of sp³-hybridized carbons (Fsp3) is 0.200. The van der Waals surface area contributed by atoms with Gasteiger partial charge in [0.05, 0.1) is 0 Å². The molecule has 0 aliphatic rings. The molecule has 2 aromatic carbocycles. The predicted molar refractivity (Wildman–Crippen MR) is 71.1 cm³/mol. The summed E-state index contributed by atoms with van der Waals surface area (Å²) in [4.78, 5) is 0. The summed E-state index contributed by atoms with van der Waals surface area (Å²) in [6.07, 6.45) is 0. The number of benzene rings is 2. The van der Waals surface area contributed by atoms with Gasteiger partial charge in [0.25, 0.3) is 0 Å². The first-order valence-corrected chi connectivity index (χ1v) is 5.74. The van der Waals surface area contributed by atoms with Gasteiger partial charge in [0.1, 0.15) is 0 Å². The van der Waals surface area contributed by atoms with Crippen molar-refractivity contribution in [2.75, 3.05) is 0 Å². The average Bonchev–Trinajstić information content (AvgIpc) is 2.35. The van der Waals surface area contributed by atoms with E-state index in [0.717, 1.165) is 22.3 Å². The number of phenols is 3. The summed E-state index contributed by atoms with van der Waals surface area (Å²) >= 11 is 0. The Balaban J connectivity index is 2.76. The van der Waals surface area contributed by atoms with Gasteiger partial charge < -0.3 is 15.3 Å². The van der Waals surface area contributed by atoms with E-state index in [4.69, 9.17) is 0 Å². The highest BCUT2D eigenvalue weighted by Crippen LogP contribution is 2.43. The quantitative estimate of drug-likeness (QED) is 0.674. The largest absolute Gasteiger partial charge is 0.504 e. The van der Waals surface area contributed by atoms with Crippen LogP contribution in [0, 0.1) is 20.8 Å². The fourth-order valence-electron chi connectivity index (χ4n) is 2.06. The second-order valence-corrected chi connectivity index (χ2v) is 4.51. The molecule has 0 bridgehead atoms. The Morgan fingerprint density at radius 2 is 1.44 bits per heavy atom. The zero-order valence-corrected chi connectivity index (χ0v) is 10.7. The molecule has 0 saturated heterocycles. The van der Waals surface area contributed by atoms with Crippen molar-refractivity contribution in [2.45, 2.75) is 20.8 Å². The summed E-state index contributed by atoms with van der Waals surface area (Å²) in [5.41, 5.74) is 4.45. The van der Waals surface area contributed by atoms with Crippen LogP contribution in [0.5, 0.6) is 17.2 Å². The molecule has 2 rings (SSSR count). The monoisotopic (exact) mass is 244 g/mol. The number of aryl methyl sites for hydroxylation is 1. The molecule has 0 fully saturated rings. The van der Waals surface area contributed by atoms with Crippen molar-refractivity contribution in [1.29, 1.82) is 0 Å². The molecule has 0 radical (unpaired) electrons. The topological polar surface area (TPSA) is 60.7 Å². The molecule has 0 amide bonds. The molecule has 18 heavy (non-hydrogen) atoms. The summed E-state index contributed by atoms with van der Waals surface area (Å²) in [5, 5.41) is 28.9. The first-order valence-electron chi connectivity index (χ1n) is 5.74. The lowest BCUT2D eigenvalue weighted by molar-refractivity contribution is 0.366. The van der Waals surface area contributed by atoms with E-state index in [1.165, 1.54) is 6.07 Å². The molecule has 0 heterocycles. The minimum atomic E-state index is -0.471. The van der Waals surface area contributed by atoms with Crippen molar-refractivity contribution in [3.63, 3.8) is 0 Å². The number of rotatable bonds is 1. The number of phenolic OH excluding ortho intramolecular Hbond substituents is 3. The van der Waals surface area contributed by atoms with Crippen LogP contribution in [-0.2, 0) is 0 Å². The third-order valence-corrected chi connectivity index (χ3v) is 3.40. The molecular weight excluding hydrogens is 228 g/mol. The zero-order chi connectivity index (χ0) is 13.4. The van der Waals surface area contributed by atoms with Crippen LogP contribution in [0.1, 0.15) is 16.7 Å². The predicted octanol–water partition coefficient (Wildman–Crippen LogP) is 3.40. The van der Waals surface area contributed by atoms with Gasteiger partial charge in [-0.1, -0.05) is 18.2 Å². The molecule has 0 aliphatic heterocycles. The highest BCUT2D eigenvalue weighted by Gasteiger charge is 2.16. The minimum Gasteiger partial charge on any atom is -0.504 e. The molecule has 3 heteroatoms. The Bertz CT molecular complexity index is 616. The van der Waals surface area contributed by atoms with Crippen molar-refractivity contribution < 1.29 is 15.3 Å². The molecule has 0 spiro atoms. The van der Waals surface area contributed by atoms with Crippen LogP contribution in [0.3, 0.4) is 0 Å². The number of aromatic hydroxyl groups is 3. The zero-order valence-electron chi connectivity index (χ0n) is 10.7. The molecule has 0 aromatic heterocycles. The molecule has 0 atom stereocenters. The Labute approximate surface area is 106 Å². The van der Waals surface area contributed by atoms with Crippen molar-refractivity contribution in [3.8, 4) is 28.4 Å². The van der Waals surface area contributed by atoms with E-state index in [2.05, 4.69) is 0 Å². The summed E-state index contributed by atoms with van der Waals surface area (Å²) < 4.78 is 0. The summed E-state index contributed by atoms with van der Waals surface area (Å²) in [5.74, 6) is -1.05. The van der Waals surface area contributed by atoms with E-state index in [9.17, 15) is 15.3 Å². The van der Waals surface area contributed by atoms with E-state index in [-0.39, 0.29) is 11.5 Å². The van der Waals surface area contributed by atoms with Crippen LogP contribution >= 0.6 is 0 Å². The van der Waals surface area contributed by atoms with Crippen LogP contribution in [0.25, 0.3) is 11.1 Å². The van der Waals surface area contributed by atoms with Gasteiger partial charge in [-0.25, -0.2) is 0 Å². The third kappa shape index (κ3) is 1.78. The standard InChI is InChI=1S/C15H16O3/c1-8-5-4-6-11(9(8)2)12-7-13(16)15(18)14(17)10(12)3/h4-7,16-18H,1-3H3. The van der Waals surface area contributed by atoms with Gasteiger partial charge in [0.2, 0.25) is 5.75 Å². The van der Waals surface area contributed by atoms with Crippen LogP contribution < -0.4 is 0 Å². The lowest BCUT2D eigenvalue weighted by Gasteiger charge is -2.14. The highest BCUT2D eigenvalue weighted by molar-refractivity contribution is 5.77. The second kappa shape index (κ2) is 4.26. The normalized spacial score (nSPS) is 10.6. The average molecular weight is 244 g/mol. The Kier molecular flexibility index (Phi) is 2.91. The first kappa shape index (κ1) is 12.3. The van der Waals surface area contributed by atoms with Gasteiger partial charge in [-0.2, -0.15) is 0 Å². The minimum absolute atomic E-state index is 0.272. The van der Waals surface area contributed by atoms with Gasteiger partial charge in [0.15, 0.2) is 11.5 Å². The molecule has 3 N–H and O–H groups in total. The van der Waals surface area contributed by atoms with E-state index in [1.807, 2.05) is 32.0 Å². The van der Waals surface area contributed by atoms with E-state index in [1.54, 1.807) is 6.92 Å². The van der Waals surface area contributed by atoms with Crippen molar-refractivity contribution >= 4 is 0 Å². The van der Waals surface area contributed by atoms with Gasteiger partial charge >= 0.3 is 0 Å². The fourth-order valence-corrected chi connectivity index (χ4v) is 2.06. The summed E-state index contributed by atoms with van der Waals surface area (Å²) in [7, 11) is 0. The molecule has 94 valence electrons. The molecular formula is C15H16O3. The van der Waals surface area contributed by atoms with E-state index in [0.29, 0.717) is 5.56 Å². The summed E-state index contributed by atoms with van der Waals surface area (Å²) in [6.45, 7) is 5.71. The van der Waals surface area contributed by atoms with Crippen molar-refractivity contribution in [2.24, 2.45) is 0 Å². The molecule has 2 aromatic rings. The van der Waals surface area contributed by atoms with E-state index >= 15 is 0 Å². The Morgan fingerprint density at radius 1 is 0.778 bits per heavy atom. The third-order valence-electron chi connectivity index (χ3n) is 3.40. The van der Waals surface area contributed by atoms with Crippen molar-refractivity contribution in [1.82, 2.24) is 0 Å². The van der Waals surface area contributed by atoms with Gasteiger partial charge in [0, 0.05) is 5.56 Å². The first-order chi connectivity index (χ1) is 8.43. The Hall–Kier alpha value is -2.16. The van der Waals surface area contributed by atoms with Gasteiger partial charge in [-0.3, -0.25) is 0 Å².